The van der Waals surface area contributed by atoms with E-state index in [4.69, 9.17) is 9.47 Å². The molecule has 0 saturated carbocycles. The summed E-state index contributed by atoms with van der Waals surface area (Å²) in [5, 5.41) is 6.88. The second-order valence-corrected chi connectivity index (χ2v) is 5.61. The van der Waals surface area contributed by atoms with Gasteiger partial charge >= 0.3 is 6.03 Å². The largest absolute Gasteiger partial charge is 0.497 e. The van der Waals surface area contributed by atoms with E-state index in [0.29, 0.717) is 25.6 Å². The van der Waals surface area contributed by atoms with Crippen LogP contribution in [0.3, 0.4) is 0 Å². The maximum absolute atomic E-state index is 12.4. The van der Waals surface area contributed by atoms with E-state index in [0.717, 1.165) is 17.1 Å². The number of anilines is 1. The number of benzene rings is 1. The Bertz CT molecular complexity index is 694. The number of nitrogens with zero attached hydrogens (tertiary/aromatic N) is 4. The van der Waals surface area contributed by atoms with Gasteiger partial charge < -0.3 is 14.4 Å². The Balaban J connectivity index is 1.64. The Kier molecular flexibility index (Phi) is 4.66. The van der Waals surface area contributed by atoms with E-state index in [2.05, 4.69) is 15.4 Å². The smallest absolute Gasteiger partial charge is 0.324 e. The average molecular weight is 331 g/mol. The molecule has 1 unspecified atom stereocenters. The van der Waals surface area contributed by atoms with E-state index >= 15 is 0 Å². The number of ether oxygens (including phenoxy) is 2. The van der Waals surface area contributed by atoms with Crippen molar-refractivity contribution in [3.8, 4) is 5.75 Å². The van der Waals surface area contributed by atoms with Crippen LogP contribution in [-0.2, 0) is 11.8 Å². The molecule has 0 bridgehead atoms. The topological polar surface area (TPSA) is 81.5 Å². The average Bonchev–Trinajstić information content (AvgIpc) is 2.92. The SMILES string of the molecule is COc1ccc(C2CN(C(=O)Nc3nc(C)n(C)n3)CCO2)cc1. The minimum atomic E-state index is -0.220. The van der Waals surface area contributed by atoms with Crippen molar-refractivity contribution >= 4 is 12.0 Å². The number of amides is 2. The van der Waals surface area contributed by atoms with Crippen molar-refractivity contribution in [2.24, 2.45) is 7.05 Å². The lowest BCUT2D eigenvalue weighted by molar-refractivity contribution is -0.0135. The molecule has 1 aromatic heterocycles. The number of carbonyl (C=O) groups is 1. The molecule has 2 heterocycles. The molecule has 1 aliphatic rings. The molecule has 1 aromatic carbocycles. The summed E-state index contributed by atoms with van der Waals surface area (Å²) in [5.74, 6) is 1.84. The third-order valence-electron chi connectivity index (χ3n) is 4.04. The van der Waals surface area contributed by atoms with Gasteiger partial charge in [-0.25, -0.2) is 4.79 Å². The van der Waals surface area contributed by atoms with Gasteiger partial charge in [-0.3, -0.25) is 10.00 Å². The van der Waals surface area contributed by atoms with Gasteiger partial charge in [-0.15, -0.1) is 5.10 Å². The molecule has 0 aliphatic carbocycles. The zero-order chi connectivity index (χ0) is 17.1. The lowest BCUT2D eigenvalue weighted by Gasteiger charge is -2.32. The van der Waals surface area contributed by atoms with E-state index in [1.807, 2.05) is 31.2 Å². The normalized spacial score (nSPS) is 17.6. The molecular formula is C16H21N5O3. The summed E-state index contributed by atoms with van der Waals surface area (Å²) >= 11 is 0. The van der Waals surface area contributed by atoms with Crippen molar-refractivity contribution in [2.75, 3.05) is 32.1 Å². The predicted octanol–water partition coefficient (Wildman–Crippen LogP) is 1.74. The summed E-state index contributed by atoms with van der Waals surface area (Å²) in [6, 6.07) is 7.46. The molecule has 1 aliphatic heterocycles. The molecule has 8 nitrogen and oxygen atoms in total. The van der Waals surface area contributed by atoms with Crippen LogP contribution in [0.4, 0.5) is 10.7 Å². The lowest BCUT2D eigenvalue weighted by atomic mass is 10.1. The number of morpholine rings is 1. The highest BCUT2D eigenvalue weighted by Crippen LogP contribution is 2.24. The number of hydrogen-bond acceptors (Lipinski definition) is 5. The van der Waals surface area contributed by atoms with Crippen LogP contribution in [0.2, 0.25) is 0 Å². The first-order chi connectivity index (χ1) is 11.6. The highest BCUT2D eigenvalue weighted by Gasteiger charge is 2.26. The zero-order valence-corrected chi connectivity index (χ0v) is 14.0. The van der Waals surface area contributed by atoms with Crippen LogP contribution in [0.15, 0.2) is 24.3 Å². The maximum atomic E-state index is 12.4. The molecule has 128 valence electrons. The van der Waals surface area contributed by atoms with Crippen molar-refractivity contribution in [3.63, 3.8) is 0 Å². The van der Waals surface area contributed by atoms with Crippen LogP contribution < -0.4 is 10.1 Å². The van der Waals surface area contributed by atoms with Crippen LogP contribution in [0.5, 0.6) is 5.75 Å². The van der Waals surface area contributed by atoms with Crippen molar-refractivity contribution in [1.29, 1.82) is 0 Å². The fourth-order valence-electron chi connectivity index (χ4n) is 2.54. The Morgan fingerprint density at radius 3 is 2.75 bits per heavy atom. The van der Waals surface area contributed by atoms with Gasteiger partial charge in [0.05, 0.1) is 20.3 Å². The second-order valence-electron chi connectivity index (χ2n) is 5.61. The van der Waals surface area contributed by atoms with E-state index in [-0.39, 0.29) is 12.1 Å². The number of rotatable bonds is 3. The summed E-state index contributed by atoms with van der Waals surface area (Å²) in [6.07, 6.45) is -0.158. The number of nitrogens with one attached hydrogen (secondary N) is 1. The zero-order valence-electron chi connectivity index (χ0n) is 14.0. The lowest BCUT2D eigenvalue weighted by Crippen LogP contribution is -2.44. The monoisotopic (exact) mass is 331 g/mol. The summed E-state index contributed by atoms with van der Waals surface area (Å²) in [7, 11) is 3.41. The van der Waals surface area contributed by atoms with Gasteiger partial charge in [0, 0.05) is 13.6 Å². The van der Waals surface area contributed by atoms with Crippen molar-refractivity contribution < 1.29 is 14.3 Å². The maximum Gasteiger partial charge on any atom is 0.324 e. The third kappa shape index (κ3) is 3.48. The molecule has 2 aromatic rings. The first kappa shape index (κ1) is 16.3. The Morgan fingerprint density at radius 1 is 1.38 bits per heavy atom. The van der Waals surface area contributed by atoms with Crippen LogP contribution in [0, 0.1) is 6.92 Å². The van der Waals surface area contributed by atoms with Gasteiger partial charge in [0.1, 0.15) is 17.7 Å². The molecule has 3 rings (SSSR count). The van der Waals surface area contributed by atoms with Crippen LogP contribution in [0.1, 0.15) is 17.5 Å². The number of urea groups is 1. The molecule has 0 spiro atoms. The van der Waals surface area contributed by atoms with Crippen molar-refractivity contribution in [2.45, 2.75) is 13.0 Å². The summed E-state index contributed by atoms with van der Waals surface area (Å²) in [5.41, 5.74) is 1.01. The van der Waals surface area contributed by atoms with E-state index in [1.54, 1.807) is 23.7 Å². The molecule has 24 heavy (non-hydrogen) atoms. The molecule has 1 N–H and O–H groups in total. The second kappa shape index (κ2) is 6.88. The molecule has 8 heteroatoms. The molecule has 1 saturated heterocycles. The number of aryl methyl sites for hydroxylation is 2. The number of hydrogen-bond donors (Lipinski definition) is 1. The van der Waals surface area contributed by atoms with E-state index in [1.165, 1.54) is 0 Å². The molecular weight excluding hydrogens is 310 g/mol. The van der Waals surface area contributed by atoms with Crippen LogP contribution in [-0.4, -0.2) is 52.5 Å². The standard InChI is InChI=1S/C16H21N5O3/c1-11-17-15(19-20(11)2)18-16(22)21-8-9-24-14(10-21)12-4-6-13(23-3)7-5-12/h4-7,14H,8-10H2,1-3H3,(H,18,19,22). The minimum Gasteiger partial charge on any atom is -0.497 e. The summed E-state index contributed by atoms with van der Waals surface area (Å²) in [4.78, 5) is 18.3. The van der Waals surface area contributed by atoms with Gasteiger partial charge in [0.25, 0.3) is 0 Å². The van der Waals surface area contributed by atoms with Gasteiger partial charge in [-0.1, -0.05) is 12.1 Å². The van der Waals surface area contributed by atoms with Crippen molar-refractivity contribution in [1.82, 2.24) is 19.7 Å². The Hall–Kier alpha value is -2.61. The van der Waals surface area contributed by atoms with Crippen LogP contribution >= 0.6 is 0 Å². The minimum absolute atomic E-state index is 0.158. The number of methoxy groups -OCH3 is 1. The van der Waals surface area contributed by atoms with E-state index < -0.39 is 0 Å². The number of carbonyl (C=O) groups excluding carboxylic acids is 1. The predicted molar refractivity (Wildman–Crippen MR) is 88.0 cm³/mol. The first-order valence-corrected chi connectivity index (χ1v) is 7.76. The number of aromatic nitrogens is 3. The van der Waals surface area contributed by atoms with Crippen molar-refractivity contribution in [3.05, 3.63) is 35.7 Å². The van der Waals surface area contributed by atoms with Gasteiger partial charge in [0.2, 0.25) is 5.95 Å². The van der Waals surface area contributed by atoms with Gasteiger partial charge in [-0.05, 0) is 24.6 Å². The van der Waals surface area contributed by atoms with Gasteiger partial charge in [0.15, 0.2) is 0 Å². The highest BCUT2D eigenvalue weighted by atomic mass is 16.5. The van der Waals surface area contributed by atoms with Crippen LogP contribution in [0.25, 0.3) is 0 Å². The molecule has 0 radical (unpaired) electrons. The summed E-state index contributed by atoms with van der Waals surface area (Å²) in [6.45, 7) is 3.32. The quantitative estimate of drug-likeness (QED) is 0.926. The fourth-order valence-corrected chi connectivity index (χ4v) is 2.54. The third-order valence-corrected chi connectivity index (χ3v) is 4.04. The first-order valence-electron chi connectivity index (χ1n) is 7.76. The highest BCUT2D eigenvalue weighted by molar-refractivity contribution is 5.87. The molecule has 2 amide bonds. The van der Waals surface area contributed by atoms with E-state index in [9.17, 15) is 4.79 Å². The Labute approximate surface area is 140 Å². The molecule has 1 fully saturated rings. The molecule has 1 atom stereocenters. The van der Waals surface area contributed by atoms with Gasteiger partial charge in [-0.2, -0.15) is 4.98 Å². The fraction of sp³-hybridized carbons (Fsp3) is 0.438. The Morgan fingerprint density at radius 2 is 2.12 bits per heavy atom. The summed E-state index contributed by atoms with van der Waals surface area (Å²) < 4.78 is 12.6.